The fraction of sp³-hybridized carbons (Fsp3) is 0.0909. The summed E-state index contributed by atoms with van der Waals surface area (Å²) in [7, 11) is -8.58. The van der Waals surface area contributed by atoms with E-state index in [4.69, 9.17) is 0 Å². The molecule has 2 aromatic rings. The van der Waals surface area contributed by atoms with Crippen LogP contribution < -0.4 is 9.25 Å². The van der Waals surface area contributed by atoms with Gasteiger partial charge in [0.05, 0.1) is 15.9 Å². The van der Waals surface area contributed by atoms with Crippen molar-refractivity contribution in [2.24, 2.45) is 0 Å². The Balaban J connectivity index is 0.00000312. The smallest absolute Gasteiger partial charge is 0.391 e. The second-order valence-electron chi connectivity index (χ2n) is 4.37. The molecule has 14 heteroatoms. The SMILES string of the molecule is O=[N+]([O-])c1ccc(OP(=O)(O)CNS(=O)(=O)c2ccsc2)c(F)c1.[Na]. The third-order valence-electron chi connectivity index (χ3n) is 2.63. The van der Waals surface area contributed by atoms with Crippen molar-refractivity contribution in [3.05, 3.63) is 51.0 Å². The Bertz CT molecular complexity index is 907. The summed E-state index contributed by atoms with van der Waals surface area (Å²) >= 11 is 1.12. The van der Waals surface area contributed by atoms with Gasteiger partial charge in [-0.3, -0.25) is 10.1 Å². The monoisotopic (exact) mass is 419 g/mol. The van der Waals surface area contributed by atoms with Crippen LogP contribution in [0.5, 0.6) is 5.75 Å². The Morgan fingerprint density at radius 1 is 1.40 bits per heavy atom. The van der Waals surface area contributed by atoms with E-state index in [1.165, 1.54) is 16.8 Å². The number of halogens is 1. The first-order valence-electron chi connectivity index (χ1n) is 6.08. The zero-order valence-electron chi connectivity index (χ0n) is 12.7. The fourth-order valence-corrected chi connectivity index (χ4v) is 5.06. The zero-order valence-corrected chi connectivity index (χ0v) is 17.2. The Kier molecular flexibility index (Phi) is 7.71. The van der Waals surface area contributed by atoms with Crippen molar-refractivity contribution >= 4 is 64.2 Å². The second kappa shape index (κ2) is 8.69. The summed E-state index contributed by atoms with van der Waals surface area (Å²) in [5.41, 5.74) is -0.564. The molecule has 9 nitrogen and oxygen atoms in total. The van der Waals surface area contributed by atoms with E-state index in [0.717, 1.165) is 23.5 Å². The van der Waals surface area contributed by atoms with Crippen molar-refractivity contribution in [3.8, 4) is 5.75 Å². The van der Waals surface area contributed by atoms with Crippen LogP contribution in [-0.4, -0.2) is 54.1 Å². The maximum absolute atomic E-state index is 13.6. The molecule has 25 heavy (non-hydrogen) atoms. The van der Waals surface area contributed by atoms with Crippen molar-refractivity contribution < 1.29 is 31.7 Å². The largest absolute Gasteiger partial charge is 0.420 e. The third kappa shape index (κ3) is 6.12. The topological polar surface area (TPSA) is 136 Å². The molecule has 1 radical (unpaired) electrons. The molecule has 1 heterocycles. The predicted molar refractivity (Wildman–Crippen MR) is 88.8 cm³/mol. The number of nitrogens with one attached hydrogen (secondary N) is 1. The molecular weight excluding hydrogens is 409 g/mol. The van der Waals surface area contributed by atoms with Gasteiger partial charge in [0, 0.05) is 41.0 Å². The number of nitro benzene ring substituents is 1. The molecule has 0 spiro atoms. The van der Waals surface area contributed by atoms with Crippen molar-refractivity contribution in [1.29, 1.82) is 0 Å². The number of non-ortho nitro benzene ring substituents is 1. The molecule has 0 bridgehead atoms. The molecule has 1 atom stereocenters. The summed E-state index contributed by atoms with van der Waals surface area (Å²) in [6.45, 7) is 0. The number of nitro groups is 1. The summed E-state index contributed by atoms with van der Waals surface area (Å²) in [5, 5.41) is 13.3. The van der Waals surface area contributed by atoms with Gasteiger partial charge in [-0.25, -0.2) is 17.4 Å². The molecule has 0 amide bonds. The van der Waals surface area contributed by atoms with Crippen LogP contribution in [0.25, 0.3) is 0 Å². The molecule has 131 valence electrons. The number of thiophene rings is 1. The number of nitrogens with zero attached hydrogens (tertiary/aromatic N) is 1. The molecule has 1 unspecified atom stereocenters. The Labute approximate surface area is 167 Å². The first kappa shape index (κ1) is 22.2. The number of benzene rings is 1. The first-order chi connectivity index (χ1) is 11.1. The van der Waals surface area contributed by atoms with E-state index in [-0.39, 0.29) is 34.5 Å². The van der Waals surface area contributed by atoms with E-state index in [9.17, 15) is 32.4 Å². The normalized spacial score (nSPS) is 13.5. The van der Waals surface area contributed by atoms with E-state index < -0.39 is 46.1 Å². The number of hydrogen-bond acceptors (Lipinski definition) is 7. The van der Waals surface area contributed by atoms with Crippen LogP contribution in [-0.2, 0) is 14.6 Å². The summed E-state index contributed by atoms with van der Waals surface area (Å²) < 4.78 is 55.6. The van der Waals surface area contributed by atoms with Gasteiger partial charge >= 0.3 is 7.60 Å². The van der Waals surface area contributed by atoms with Gasteiger partial charge in [-0.1, -0.05) is 0 Å². The maximum atomic E-state index is 13.6. The Morgan fingerprint density at radius 2 is 2.08 bits per heavy atom. The van der Waals surface area contributed by atoms with Gasteiger partial charge < -0.3 is 9.42 Å². The molecule has 0 aliphatic heterocycles. The molecule has 1 aromatic heterocycles. The quantitative estimate of drug-likeness (QED) is 0.303. The van der Waals surface area contributed by atoms with E-state index in [0.29, 0.717) is 6.07 Å². The Morgan fingerprint density at radius 3 is 2.60 bits per heavy atom. The van der Waals surface area contributed by atoms with Crippen molar-refractivity contribution in [2.75, 3.05) is 6.29 Å². The minimum Gasteiger partial charge on any atom is -0.420 e. The molecule has 2 N–H and O–H groups in total. The minimum absolute atomic E-state index is 0. The minimum atomic E-state index is -4.58. The molecule has 1 aromatic carbocycles. The van der Waals surface area contributed by atoms with Crippen LogP contribution in [0, 0.1) is 15.9 Å². The van der Waals surface area contributed by atoms with E-state index >= 15 is 0 Å². The van der Waals surface area contributed by atoms with Crippen LogP contribution in [0.1, 0.15) is 0 Å². The fourth-order valence-electron chi connectivity index (χ4n) is 1.52. The Hall–Kier alpha value is -0.850. The summed E-state index contributed by atoms with van der Waals surface area (Å²) in [6.07, 6.45) is -0.998. The average molecular weight is 419 g/mol. The maximum Gasteiger partial charge on any atom is 0.391 e. The van der Waals surface area contributed by atoms with Crippen LogP contribution >= 0.6 is 18.9 Å². The van der Waals surface area contributed by atoms with Crippen molar-refractivity contribution in [3.63, 3.8) is 0 Å². The molecule has 0 fully saturated rings. The van der Waals surface area contributed by atoms with Gasteiger partial charge in [0.25, 0.3) is 5.69 Å². The van der Waals surface area contributed by atoms with Crippen LogP contribution in [0.4, 0.5) is 10.1 Å². The summed E-state index contributed by atoms with van der Waals surface area (Å²) in [5.74, 6) is -1.93. The van der Waals surface area contributed by atoms with Gasteiger partial charge in [0.2, 0.25) is 10.0 Å². The third-order valence-corrected chi connectivity index (χ3v) is 6.11. The molecule has 0 saturated carbocycles. The molecule has 0 aliphatic carbocycles. The van der Waals surface area contributed by atoms with E-state index in [2.05, 4.69) is 4.52 Å². The summed E-state index contributed by atoms with van der Waals surface area (Å²) in [4.78, 5) is 19.2. The van der Waals surface area contributed by atoms with Gasteiger partial charge in [-0.2, -0.15) is 16.1 Å². The molecular formula is C11H10FN2NaO7PS2. The van der Waals surface area contributed by atoms with E-state index in [1.807, 2.05) is 4.72 Å². The molecule has 0 saturated heterocycles. The van der Waals surface area contributed by atoms with Crippen LogP contribution in [0.3, 0.4) is 0 Å². The van der Waals surface area contributed by atoms with Crippen LogP contribution in [0.15, 0.2) is 39.9 Å². The van der Waals surface area contributed by atoms with Gasteiger partial charge in [0.15, 0.2) is 11.6 Å². The molecule has 0 aliphatic rings. The zero-order chi connectivity index (χ0) is 18.0. The second-order valence-corrected chi connectivity index (χ2v) is 8.69. The van der Waals surface area contributed by atoms with Gasteiger partial charge in [0.1, 0.15) is 6.29 Å². The standard InChI is InChI=1S/C11H10FN2O7PS2.Na/c12-10-5-8(14(15)16)1-2-11(10)21-22(17,18)7-13-24(19,20)9-3-4-23-6-9;/h1-6,13H,7H2,(H,17,18);. The predicted octanol–water partition coefficient (Wildman–Crippen LogP) is 1.91. The van der Waals surface area contributed by atoms with Crippen molar-refractivity contribution in [1.82, 2.24) is 4.72 Å². The van der Waals surface area contributed by atoms with Gasteiger partial charge in [-0.05, 0) is 17.5 Å². The first-order valence-corrected chi connectivity index (χ1v) is 10.3. The number of rotatable bonds is 7. The van der Waals surface area contributed by atoms with E-state index in [1.54, 1.807) is 0 Å². The number of hydrogen-bond donors (Lipinski definition) is 2. The van der Waals surface area contributed by atoms with Crippen molar-refractivity contribution in [2.45, 2.75) is 4.90 Å². The number of sulfonamides is 1. The van der Waals surface area contributed by atoms with Gasteiger partial charge in [-0.15, -0.1) is 0 Å². The summed E-state index contributed by atoms with van der Waals surface area (Å²) in [6, 6.07) is 3.51. The van der Waals surface area contributed by atoms with Crippen LogP contribution in [0.2, 0.25) is 0 Å². The molecule has 2 rings (SSSR count). The average Bonchev–Trinajstić information content (AvgIpc) is 3.02.